The molecule has 0 spiro atoms. The molecule has 2 rings (SSSR count). The Labute approximate surface area is 120 Å². The normalized spacial score (nSPS) is 21.6. The van der Waals surface area contributed by atoms with Crippen LogP contribution in [0.25, 0.3) is 0 Å². The van der Waals surface area contributed by atoms with Crippen LogP contribution in [0, 0.1) is 11.3 Å². The van der Waals surface area contributed by atoms with Crippen LogP contribution < -0.4 is 5.43 Å². The van der Waals surface area contributed by atoms with E-state index in [1.165, 1.54) is 5.01 Å². The van der Waals surface area contributed by atoms with Gasteiger partial charge in [0.25, 0.3) is 11.8 Å². The van der Waals surface area contributed by atoms with E-state index < -0.39 is 5.41 Å². The quantitative estimate of drug-likeness (QED) is 0.862. The first-order chi connectivity index (χ1) is 9.34. The highest BCUT2D eigenvalue weighted by Crippen LogP contribution is 2.33. The summed E-state index contributed by atoms with van der Waals surface area (Å²) in [7, 11) is 0. The molecule has 108 valence electrons. The van der Waals surface area contributed by atoms with E-state index in [9.17, 15) is 9.59 Å². The first-order valence-electron chi connectivity index (χ1n) is 7.04. The maximum Gasteiger partial charge on any atom is 0.275 e. The molecule has 1 saturated heterocycles. The smallest absolute Gasteiger partial charge is 0.272 e. The largest absolute Gasteiger partial charge is 0.275 e. The highest BCUT2D eigenvalue weighted by molar-refractivity contribution is 6.06. The van der Waals surface area contributed by atoms with Crippen LogP contribution in [-0.2, 0) is 4.79 Å². The van der Waals surface area contributed by atoms with E-state index in [1.807, 2.05) is 19.9 Å². The Morgan fingerprint density at radius 3 is 2.45 bits per heavy atom. The molecule has 4 nitrogen and oxygen atoms in total. The van der Waals surface area contributed by atoms with Crippen LogP contribution in [0.1, 0.15) is 44.5 Å². The van der Waals surface area contributed by atoms with E-state index in [0.29, 0.717) is 11.5 Å². The number of carbonyl (C=O) groups excluding carboxylic acids is 2. The second-order valence-corrected chi connectivity index (χ2v) is 6.34. The number of benzene rings is 1. The van der Waals surface area contributed by atoms with E-state index in [1.54, 1.807) is 24.3 Å². The first kappa shape index (κ1) is 14.7. The SMILES string of the molecule is CC(C)CC1NN(C(=O)c2ccccc2)C(=O)C1(C)C. The topological polar surface area (TPSA) is 49.4 Å². The Hall–Kier alpha value is -1.68. The maximum atomic E-state index is 12.5. The van der Waals surface area contributed by atoms with Crippen molar-refractivity contribution in [3.63, 3.8) is 0 Å². The first-order valence-corrected chi connectivity index (χ1v) is 7.04. The van der Waals surface area contributed by atoms with Crippen LogP contribution >= 0.6 is 0 Å². The molecule has 1 heterocycles. The number of hydrogen-bond donors (Lipinski definition) is 1. The van der Waals surface area contributed by atoms with Crippen LogP contribution in [0.3, 0.4) is 0 Å². The van der Waals surface area contributed by atoms with Gasteiger partial charge in [0.05, 0.1) is 5.41 Å². The monoisotopic (exact) mass is 274 g/mol. The number of hydrazine groups is 1. The molecule has 1 fully saturated rings. The number of carbonyl (C=O) groups is 2. The molecule has 1 unspecified atom stereocenters. The molecule has 0 aromatic heterocycles. The Kier molecular flexibility index (Phi) is 3.95. The minimum atomic E-state index is -0.561. The number of amides is 2. The molecule has 0 aliphatic carbocycles. The number of imide groups is 1. The lowest BCUT2D eigenvalue weighted by molar-refractivity contribution is -0.133. The van der Waals surface area contributed by atoms with Crippen molar-refractivity contribution in [2.45, 2.75) is 40.2 Å². The van der Waals surface area contributed by atoms with Gasteiger partial charge in [-0.1, -0.05) is 32.0 Å². The van der Waals surface area contributed by atoms with Gasteiger partial charge < -0.3 is 0 Å². The number of nitrogens with zero attached hydrogens (tertiary/aromatic N) is 1. The molecule has 1 atom stereocenters. The highest BCUT2D eigenvalue weighted by Gasteiger charge is 2.49. The van der Waals surface area contributed by atoms with Gasteiger partial charge in [0.2, 0.25) is 0 Å². The minimum absolute atomic E-state index is 0.0114. The fourth-order valence-corrected chi connectivity index (χ4v) is 2.49. The van der Waals surface area contributed by atoms with Crippen LogP contribution in [0.5, 0.6) is 0 Å². The van der Waals surface area contributed by atoms with Crippen molar-refractivity contribution in [2.24, 2.45) is 11.3 Å². The fraction of sp³-hybridized carbons (Fsp3) is 0.500. The maximum absolute atomic E-state index is 12.5. The van der Waals surface area contributed by atoms with Crippen molar-refractivity contribution in [1.82, 2.24) is 10.4 Å². The zero-order chi connectivity index (χ0) is 14.9. The molecule has 1 aromatic carbocycles. The summed E-state index contributed by atoms with van der Waals surface area (Å²) in [6.45, 7) is 8.02. The summed E-state index contributed by atoms with van der Waals surface area (Å²) in [5.74, 6) is 0.0262. The van der Waals surface area contributed by atoms with Crippen molar-refractivity contribution in [1.29, 1.82) is 0 Å². The fourth-order valence-electron chi connectivity index (χ4n) is 2.49. The van der Waals surface area contributed by atoms with E-state index in [2.05, 4.69) is 19.3 Å². The lowest BCUT2D eigenvalue weighted by atomic mass is 9.81. The van der Waals surface area contributed by atoms with Gasteiger partial charge in [0, 0.05) is 11.6 Å². The lowest BCUT2D eigenvalue weighted by Crippen LogP contribution is -2.42. The van der Waals surface area contributed by atoms with Crippen LogP contribution in [0.2, 0.25) is 0 Å². The number of rotatable bonds is 3. The van der Waals surface area contributed by atoms with Gasteiger partial charge in [-0.25, -0.2) is 10.4 Å². The third-order valence-electron chi connectivity index (χ3n) is 3.84. The van der Waals surface area contributed by atoms with Gasteiger partial charge in [-0.05, 0) is 38.3 Å². The minimum Gasteiger partial charge on any atom is -0.272 e. The zero-order valence-corrected chi connectivity index (χ0v) is 12.5. The Morgan fingerprint density at radius 1 is 1.30 bits per heavy atom. The summed E-state index contributed by atoms with van der Waals surface area (Å²) >= 11 is 0. The summed E-state index contributed by atoms with van der Waals surface area (Å²) in [5, 5.41) is 1.18. The second kappa shape index (κ2) is 5.37. The van der Waals surface area contributed by atoms with E-state index in [-0.39, 0.29) is 17.9 Å². The molecule has 1 aliphatic heterocycles. The molecular weight excluding hydrogens is 252 g/mol. The average Bonchev–Trinajstić information content (AvgIpc) is 2.62. The molecule has 0 saturated carbocycles. The molecule has 0 radical (unpaired) electrons. The predicted molar refractivity (Wildman–Crippen MR) is 77.8 cm³/mol. The van der Waals surface area contributed by atoms with Crippen LogP contribution in [-0.4, -0.2) is 22.9 Å². The molecule has 2 amide bonds. The van der Waals surface area contributed by atoms with Gasteiger partial charge in [0.15, 0.2) is 0 Å². The molecule has 4 heteroatoms. The molecule has 1 N–H and O–H groups in total. The second-order valence-electron chi connectivity index (χ2n) is 6.34. The van der Waals surface area contributed by atoms with E-state index in [0.717, 1.165) is 6.42 Å². The van der Waals surface area contributed by atoms with Crippen molar-refractivity contribution in [3.8, 4) is 0 Å². The number of hydrogen-bond acceptors (Lipinski definition) is 3. The zero-order valence-electron chi connectivity index (χ0n) is 12.5. The lowest BCUT2D eigenvalue weighted by Gasteiger charge is -2.23. The van der Waals surface area contributed by atoms with Gasteiger partial charge in [-0.15, -0.1) is 0 Å². The average molecular weight is 274 g/mol. The van der Waals surface area contributed by atoms with Crippen molar-refractivity contribution >= 4 is 11.8 Å². The summed E-state index contributed by atoms with van der Waals surface area (Å²) < 4.78 is 0. The third kappa shape index (κ3) is 2.61. The van der Waals surface area contributed by atoms with Gasteiger partial charge in [0.1, 0.15) is 0 Å². The van der Waals surface area contributed by atoms with Gasteiger partial charge >= 0.3 is 0 Å². The van der Waals surface area contributed by atoms with E-state index >= 15 is 0 Å². The van der Waals surface area contributed by atoms with Crippen molar-refractivity contribution in [3.05, 3.63) is 35.9 Å². The summed E-state index contributed by atoms with van der Waals surface area (Å²) in [6.07, 6.45) is 0.858. The summed E-state index contributed by atoms with van der Waals surface area (Å²) in [5.41, 5.74) is 3.06. The molecule has 1 aliphatic rings. The van der Waals surface area contributed by atoms with E-state index in [4.69, 9.17) is 0 Å². The predicted octanol–water partition coefficient (Wildman–Crippen LogP) is 2.61. The molecule has 1 aromatic rings. The van der Waals surface area contributed by atoms with Gasteiger partial charge in [-0.3, -0.25) is 9.59 Å². The van der Waals surface area contributed by atoms with Gasteiger partial charge in [-0.2, -0.15) is 0 Å². The Balaban J connectivity index is 2.22. The van der Waals surface area contributed by atoms with Crippen LogP contribution in [0.15, 0.2) is 30.3 Å². The molecule has 0 bridgehead atoms. The number of nitrogens with one attached hydrogen (secondary N) is 1. The Bertz CT molecular complexity index is 508. The molecule has 20 heavy (non-hydrogen) atoms. The Morgan fingerprint density at radius 2 is 1.90 bits per heavy atom. The highest BCUT2D eigenvalue weighted by atomic mass is 16.2. The van der Waals surface area contributed by atoms with Crippen LogP contribution in [0.4, 0.5) is 0 Å². The molecular formula is C16H22N2O2. The summed E-state index contributed by atoms with van der Waals surface area (Å²) in [6, 6.07) is 8.87. The standard InChI is InChI=1S/C16H22N2O2/c1-11(2)10-13-16(3,4)15(20)18(17-13)14(19)12-8-6-5-7-9-12/h5-9,11,13,17H,10H2,1-4H3. The van der Waals surface area contributed by atoms with Crippen molar-refractivity contribution < 1.29 is 9.59 Å². The summed E-state index contributed by atoms with van der Waals surface area (Å²) in [4.78, 5) is 24.9. The third-order valence-corrected chi connectivity index (χ3v) is 3.84. The van der Waals surface area contributed by atoms with Crippen molar-refractivity contribution in [2.75, 3.05) is 0 Å².